The lowest BCUT2D eigenvalue weighted by molar-refractivity contribution is -0.136. The molecule has 0 saturated carbocycles. The molecule has 0 aliphatic carbocycles. The smallest absolute Gasteiger partial charge is 0.255 e. The second-order valence-electron chi connectivity index (χ2n) is 7.45. The summed E-state index contributed by atoms with van der Waals surface area (Å²) in [4.78, 5) is 37.9. The number of benzene rings is 1. The Hall–Kier alpha value is -2.77. The summed E-state index contributed by atoms with van der Waals surface area (Å²) < 4.78 is 16.2. The Labute approximate surface area is 187 Å². The molecule has 0 radical (unpaired) electrons. The molecule has 3 rings (SSSR count). The molecular weight excluding hydrogens is 414 g/mol. The maximum Gasteiger partial charge on any atom is 0.255 e. The fourth-order valence-electron chi connectivity index (χ4n) is 3.58. The molecule has 1 atom stereocenters. The van der Waals surface area contributed by atoms with Gasteiger partial charge in [-0.15, -0.1) is 0 Å². The molecule has 0 spiro atoms. The van der Waals surface area contributed by atoms with Gasteiger partial charge in [0.05, 0.1) is 26.4 Å². The fraction of sp³-hybridized carbons (Fsp3) is 0.522. The van der Waals surface area contributed by atoms with Crippen LogP contribution in [0.2, 0.25) is 0 Å². The van der Waals surface area contributed by atoms with E-state index in [1.807, 2.05) is 6.07 Å². The third kappa shape index (κ3) is 6.37. The van der Waals surface area contributed by atoms with Crippen molar-refractivity contribution in [3.8, 4) is 11.8 Å². The summed E-state index contributed by atoms with van der Waals surface area (Å²) in [5.74, 6) is 5.09. The molecule has 9 heteroatoms. The number of nitrogens with zero attached hydrogens (tertiary/aromatic N) is 1. The zero-order valence-electron chi connectivity index (χ0n) is 18.1. The van der Waals surface area contributed by atoms with Crippen molar-refractivity contribution in [3.05, 3.63) is 34.9 Å². The number of fused-ring (bicyclic) bond motifs is 1. The lowest BCUT2D eigenvalue weighted by Crippen LogP contribution is -2.52. The average molecular weight is 444 g/mol. The molecule has 0 aromatic heterocycles. The van der Waals surface area contributed by atoms with Gasteiger partial charge < -0.3 is 24.8 Å². The number of carbonyl (C=O) groups excluding carboxylic acids is 3. The Morgan fingerprint density at radius 1 is 1.06 bits per heavy atom. The van der Waals surface area contributed by atoms with Crippen molar-refractivity contribution >= 4 is 17.7 Å². The van der Waals surface area contributed by atoms with Crippen molar-refractivity contribution in [3.63, 3.8) is 0 Å². The van der Waals surface area contributed by atoms with Crippen LogP contribution in [0.1, 0.15) is 40.7 Å². The monoisotopic (exact) mass is 443 g/mol. The molecule has 32 heavy (non-hydrogen) atoms. The average Bonchev–Trinajstić information content (AvgIpc) is 3.11. The molecule has 3 amide bonds. The second kappa shape index (κ2) is 12.3. The van der Waals surface area contributed by atoms with Gasteiger partial charge in [0.25, 0.3) is 5.91 Å². The molecule has 9 nitrogen and oxygen atoms in total. The van der Waals surface area contributed by atoms with Gasteiger partial charge in [0.1, 0.15) is 12.6 Å². The third-order valence-electron chi connectivity index (χ3n) is 5.22. The zero-order valence-corrected chi connectivity index (χ0v) is 18.1. The normalized spacial score (nSPS) is 17.7. The minimum absolute atomic E-state index is 0.210. The van der Waals surface area contributed by atoms with Gasteiger partial charge in [-0.3, -0.25) is 19.7 Å². The number of ether oxygens (including phenoxy) is 3. The second-order valence-corrected chi connectivity index (χ2v) is 7.45. The van der Waals surface area contributed by atoms with Crippen molar-refractivity contribution in [2.75, 3.05) is 46.2 Å². The summed E-state index contributed by atoms with van der Waals surface area (Å²) in [7, 11) is 0. The van der Waals surface area contributed by atoms with Crippen LogP contribution in [-0.2, 0) is 30.3 Å². The van der Waals surface area contributed by atoms with Crippen LogP contribution in [-0.4, -0.2) is 74.8 Å². The van der Waals surface area contributed by atoms with Crippen LogP contribution < -0.4 is 11.1 Å². The Kier molecular flexibility index (Phi) is 9.19. The lowest BCUT2D eigenvalue weighted by Gasteiger charge is -2.29. The molecule has 2 heterocycles. The minimum atomic E-state index is -0.636. The summed E-state index contributed by atoms with van der Waals surface area (Å²) in [6.45, 7) is 3.73. The van der Waals surface area contributed by atoms with Crippen molar-refractivity contribution < 1.29 is 28.6 Å². The summed E-state index contributed by atoms with van der Waals surface area (Å²) in [6.07, 6.45) is 1.40. The van der Waals surface area contributed by atoms with E-state index in [9.17, 15) is 14.4 Å². The molecule has 1 aromatic rings. The molecule has 1 unspecified atom stereocenters. The number of carbonyl (C=O) groups is 3. The predicted molar refractivity (Wildman–Crippen MR) is 115 cm³/mol. The molecular formula is C23H29N3O6. The number of rotatable bonds is 11. The molecule has 3 N–H and O–H groups in total. The summed E-state index contributed by atoms with van der Waals surface area (Å²) in [5.41, 5.74) is 7.47. The SMILES string of the molecule is NCCCOCCOCCOCC#Cc1cccc2c1CN(C1CCC(=O)NC1=O)C2=O. The Morgan fingerprint density at radius 2 is 1.81 bits per heavy atom. The molecule has 2 aliphatic rings. The number of hydrogen-bond donors (Lipinski definition) is 2. The van der Waals surface area contributed by atoms with Crippen LogP contribution in [0, 0.1) is 11.8 Å². The first-order chi connectivity index (χ1) is 15.6. The molecule has 2 aliphatic heterocycles. The van der Waals surface area contributed by atoms with Gasteiger partial charge in [0, 0.05) is 30.7 Å². The van der Waals surface area contributed by atoms with Crippen molar-refractivity contribution in [1.82, 2.24) is 10.2 Å². The van der Waals surface area contributed by atoms with E-state index >= 15 is 0 Å². The lowest BCUT2D eigenvalue weighted by atomic mass is 10.0. The van der Waals surface area contributed by atoms with E-state index in [1.54, 1.807) is 12.1 Å². The van der Waals surface area contributed by atoms with Gasteiger partial charge in [-0.25, -0.2) is 0 Å². The zero-order chi connectivity index (χ0) is 22.8. The van der Waals surface area contributed by atoms with Gasteiger partial charge in [0.2, 0.25) is 11.8 Å². The van der Waals surface area contributed by atoms with E-state index in [0.717, 1.165) is 17.5 Å². The number of nitrogens with two attached hydrogens (primary N) is 1. The highest BCUT2D eigenvalue weighted by molar-refractivity contribution is 6.05. The van der Waals surface area contributed by atoms with Gasteiger partial charge in [-0.05, 0) is 37.1 Å². The van der Waals surface area contributed by atoms with Gasteiger partial charge in [0.15, 0.2) is 0 Å². The highest BCUT2D eigenvalue weighted by Gasteiger charge is 2.39. The van der Waals surface area contributed by atoms with E-state index in [2.05, 4.69) is 17.2 Å². The van der Waals surface area contributed by atoms with E-state index < -0.39 is 11.9 Å². The summed E-state index contributed by atoms with van der Waals surface area (Å²) in [6, 6.07) is 4.73. The maximum absolute atomic E-state index is 12.8. The van der Waals surface area contributed by atoms with Crippen LogP contribution in [0.3, 0.4) is 0 Å². The van der Waals surface area contributed by atoms with Crippen LogP contribution in [0.15, 0.2) is 18.2 Å². The third-order valence-corrected chi connectivity index (χ3v) is 5.22. The molecule has 172 valence electrons. The van der Waals surface area contributed by atoms with E-state index in [1.165, 1.54) is 4.90 Å². The summed E-state index contributed by atoms with van der Waals surface area (Å²) >= 11 is 0. The number of nitrogens with one attached hydrogen (secondary N) is 1. The van der Waals surface area contributed by atoms with Gasteiger partial charge in [-0.2, -0.15) is 0 Å². The predicted octanol–water partition coefficient (Wildman–Crippen LogP) is 0.198. The minimum Gasteiger partial charge on any atom is -0.379 e. The number of amides is 3. The number of imide groups is 1. The van der Waals surface area contributed by atoms with Crippen LogP contribution in [0.5, 0.6) is 0 Å². The maximum atomic E-state index is 12.8. The quantitative estimate of drug-likeness (QED) is 0.285. The standard InChI is InChI=1S/C23H29N3O6/c24-9-3-11-31-13-15-32-14-12-30-10-2-5-17-4-1-6-18-19(17)16-26(23(18)29)20-7-8-21(27)25-22(20)28/h1,4,6,20H,3,7-16,24H2,(H,25,27,28). The van der Waals surface area contributed by atoms with E-state index in [4.69, 9.17) is 19.9 Å². The fourth-order valence-corrected chi connectivity index (χ4v) is 3.58. The Bertz CT molecular complexity index is 891. The van der Waals surface area contributed by atoms with Gasteiger partial charge in [-0.1, -0.05) is 17.9 Å². The topological polar surface area (TPSA) is 120 Å². The molecule has 1 aromatic carbocycles. The van der Waals surface area contributed by atoms with Crippen LogP contribution >= 0.6 is 0 Å². The van der Waals surface area contributed by atoms with Crippen LogP contribution in [0.4, 0.5) is 0 Å². The highest BCUT2D eigenvalue weighted by Crippen LogP contribution is 2.29. The summed E-state index contributed by atoms with van der Waals surface area (Å²) in [5, 5.41) is 2.31. The van der Waals surface area contributed by atoms with Crippen molar-refractivity contribution in [1.29, 1.82) is 0 Å². The van der Waals surface area contributed by atoms with E-state index in [-0.39, 0.29) is 24.8 Å². The Balaban J connectivity index is 1.44. The number of hydrogen-bond acceptors (Lipinski definition) is 7. The van der Waals surface area contributed by atoms with Crippen LogP contribution in [0.25, 0.3) is 0 Å². The first-order valence-corrected chi connectivity index (χ1v) is 10.8. The number of piperidine rings is 1. The first kappa shape index (κ1) is 23.9. The van der Waals surface area contributed by atoms with Crippen molar-refractivity contribution in [2.45, 2.75) is 31.8 Å². The molecule has 0 bridgehead atoms. The molecule has 1 fully saturated rings. The Morgan fingerprint density at radius 3 is 2.56 bits per heavy atom. The van der Waals surface area contributed by atoms with Gasteiger partial charge >= 0.3 is 0 Å². The van der Waals surface area contributed by atoms with E-state index in [0.29, 0.717) is 58.1 Å². The first-order valence-electron chi connectivity index (χ1n) is 10.8. The molecule has 1 saturated heterocycles. The van der Waals surface area contributed by atoms with Crippen molar-refractivity contribution in [2.24, 2.45) is 5.73 Å². The highest BCUT2D eigenvalue weighted by atomic mass is 16.5. The largest absolute Gasteiger partial charge is 0.379 e.